The van der Waals surface area contributed by atoms with Crippen molar-refractivity contribution in [1.82, 2.24) is 18.9 Å². The van der Waals surface area contributed by atoms with Gasteiger partial charge in [0, 0.05) is 48.6 Å². The van der Waals surface area contributed by atoms with Crippen LogP contribution in [-0.2, 0) is 12.5 Å². The largest absolute Gasteiger partial charge is 0.305 e. The van der Waals surface area contributed by atoms with Crippen LogP contribution in [0.1, 0.15) is 58.2 Å². The van der Waals surface area contributed by atoms with Gasteiger partial charge in [0.1, 0.15) is 7.05 Å². The predicted octanol–water partition coefficient (Wildman–Crippen LogP) is 10.2. The van der Waals surface area contributed by atoms with E-state index in [1.54, 1.807) is 0 Å². The average Bonchev–Trinajstić information content (AvgIpc) is 3.70. The van der Waals surface area contributed by atoms with Crippen LogP contribution in [0.3, 0.4) is 0 Å². The molecule has 3 aliphatic heterocycles. The summed E-state index contributed by atoms with van der Waals surface area (Å²) in [6.07, 6.45) is 7.02. The maximum absolute atomic E-state index is 5.25. The Morgan fingerprint density at radius 2 is 1.24 bits per heavy atom. The Bertz CT molecular complexity index is 3040. The van der Waals surface area contributed by atoms with Gasteiger partial charge in [-0.25, -0.2) is 9.55 Å². The molecule has 0 bridgehead atoms. The fourth-order valence-electron chi connectivity index (χ4n) is 10.3. The van der Waals surface area contributed by atoms with Gasteiger partial charge in [0.15, 0.2) is 12.4 Å². The maximum atomic E-state index is 5.25. The third-order valence-electron chi connectivity index (χ3n) is 13.3. The molecule has 268 valence electrons. The van der Waals surface area contributed by atoms with Crippen LogP contribution >= 0.6 is 0 Å². The number of aromatic nitrogens is 4. The molecule has 6 nitrogen and oxygen atoms in total. The van der Waals surface area contributed by atoms with Crippen molar-refractivity contribution in [2.24, 2.45) is 7.05 Å². The first kappa shape index (κ1) is 32.2. The lowest BCUT2D eigenvalue weighted by Crippen LogP contribution is -2.69. The van der Waals surface area contributed by atoms with E-state index in [4.69, 9.17) is 4.98 Å². The fourth-order valence-corrected chi connectivity index (χ4v) is 10.3. The molecule has 6 heterocycles. The molecular weight excluding hydrogens is 673 g/mol. The lowest BCUT2D eigenvalue weighted by atomic mass is 9.63. The molecule has 55 heavy (non-hydrogen) atoms. The Morgan fingerprint density at radius 3 is 2.02 bits per heavy atom. The number of allylic oxidation sites excluding steroid dienone is 1. The quantitative estimate of drug-likeness (QED) is 0.159. The normalized spacial score (nSPS) is 17.4. The smallest absolute Gasteiger partial charge is 0.239 e. The van der Waals surface area contributed by atoms with Gasteiger partial charge in [-0.1, -0.05) is 80.6 Å². The number of aryl methyl sites for hydroxylation is 1. The molecule has 0 aliphatic carbocycles. The first-order valence-electron chi connectivity index (χ1n) is 19.4. The molecule has 11 rings (SSSR count). The van der Waals surface area contributed by atoms with Gasteiger partial charge in [-0.05, 0) is 73.0 Å². The standard InChI is InChI=1S/C49H44N6/c1-47(2)38-30-51(7)27-26-36(38)45-29-44-37-28-31(52-42-22-14-15-23-43(42)53-41-21-13-11-19-39(41)50-46(52)53)24-25-34(37)32-16-8-9-17-33(32)35-18-10-12-20-40(35)54(44)49(5,6)55(45)48(47,3)4/h8-30H,1-7H3/q+2. The molecule has 3 aromatic heterocycles. The molecule has 0 radical (unpaired) electrons. The number of nitrogens with zero attached hydrogens (tertiary/aromatic N) is 6. The first-order chi connectivity index (χ1) is 26.5. The van der Waals surface area contributed by atoms with Crippen molar-refractivity contribution < 1.29 is 9.14 Å². The zero-order chi connectivity index (χ0) is 37.6. The van der Waals surface area contributed by atoms with Gasteiger partial charge in [0.05, 0.1) is 50.1 Å². The van der Waals surface area contributed by atoms with Crippen LogP contribution in [0, 0.1) is 0 Å². The molecule has 0 atom stereocenters. The van der Waals surface area contributed by atoms with Gasteiger partial charge in [-0.15, -0.1) is 0 Å². The van der Waals surface area contributed by atoms with Crippen molar-refractivity contribution in [2.75, 3.05) is 0 Å². The fraction of sp³-hybridized carbons (Fsp3) is 0.204. The molecule has 0 saturated carbocycles. The summed E-state index contributed by atoms with van der Waals surface area (Å²) in [7, 11) is 2.14. The van der Waals surface area contributed by atoms with E-state index < -0.39 is 5.66 Å². The molecule has 0 amide bonds. The van der Waals surface area contributed by atoms with Gasteiger partial charge < -0.3 is 4.90 Å². The van der Waals surface area contributed by atoms with Crippen molar-refractivity contribution in [3.63, 3.8) is 0 Å². The number of pyridine rings is 1. The molecule has 0 saturated heterocycles. The van der Waals surface area contributed by atoms with E-state index in [2.05, 4.69) is 211 Å². The Hall–Kier alpha value is -6.27. The minimum Gasteiger partial charge on any atom is -0.305 e. The lowest BCUT2D eigenvalue weighted by Gasteiger charge is -2.59. The van der Waals surface area contributed by atoms with Crippen molar-refractivity contribution in [3.05, 3.63) is 156 Å². The Morgan fingerprint density at radius 1 is 0.600 bits per heavy atom. The molecule has 0 N–H and O–H groups in total. The molecule has 6 heteroatoms. The summed E-state index contributed by atoms with van der Waals surface area (Å²) < 4.78 is 9.47. The third-order valence-corrected chi connectivity index (χ3v) is 13.3. The lowest BCUT2D eigenvalue weighted by molar-refractivity contribution is -0.672. The number of benzene rings is 5. The second-order valence-corrected chi connectivity index (χ2v) is 17.1. The summed E-state index contributed by atoms with van der Waals surface area (Å²) in [4.78, 5) is 7.96. The van der Waals surface area contributed by atoms with E-state index in [0.29, 0.717) is 0 Å². The van der Waals surface area contributed by atoms with E-state index in [0.717, 1.165) is 33.5 Å². The molecule has 5 aromatic carbocycles. The highest BCUT2D eigenvalue weighted by molar-refractivity contribution is 6.16. The van der Waals surface area contributed by atoms with Gasteiger partial charge in [0.2, 0.25) is 22.8 Å². The van der Waals surface area contributed by atoms with Gasteiger partial charge >= 0.3 is 0 Å². The van der Waals surface area contributed by atoms with E-state index in [1.807, 2.05) is 0 Å². The van der Waals surface area contributed by atoms with Crippen LogP contribution in [0.25, 0.3) is 61.5 Å². The second-order valence-electron chi connectivity index (χ2n) is 17.1. The number of hydrogen-bond acceptors (Lipinski definition) is 2. The summed E-state index contributed by atoms with van der Waals surface area (Å²) in [5, 5.41) is 0. The Kier molecular flexibility index (Phi) is 6.26. The maximum Gasteiger partial charge on any atom is 0.239 e. The van der Waals surface area contributed by atoms with E-state index in [-0.39, 0.29) is 11.0 Å². The summed E-state index contributed by atoms with van der Waals surface area (Å²) in [6, 6.07) is 44.4. The SMILES string of the molecule is C[n+]1ccc2c(c1)C(C)(C)C(C)(C)N1C2=CC2=[N+](c3ccccc3-c3ccccc3-c3ccc(-n4c5ccccc5n5c6ccccc6nc45)cc32)C1(C)C. The highest BCUT2D eigenvalue weighted by atomic mass is 15.4. The highest BCUT2D eigenvalue weighted by Gasteiger charge is 2.60. The zero-order valence-electron chi connectivity index (χ0n) is 32.5. The Labute approximate surface area is 321 Å². The van der Waals surface area contributed by atoms with Crippen molar-refractivity contribution in [3.8, 4) is 27.9 Å². The molecule has 0 unspecified atom stereocenters. The van der Waals surface area contributed by atoms with Gasteiger partial charge in [-0.3, -0.25) is 8.97 Å². The second kappa shape index (κ2) is 10.7. The van der Waals surface area contributed by atoms with E-state index >= 15 is 0 Å². The number of imidazole rings is 2. The number of rotatable bonds is 1. The predicted molar refractivity (Wildman–Crippen MR) is 223 cm³/mol. The van der Waals surface area contributed by atoms with Crippen LogP contribution in [0.15, 0.2) is 140 Å². The summed E-state index contributed by atoms with van der Waals surface area (Å²) >= 11 is 0. The number of fused-ring (bicyclic) bond motifs is 15. The summed E-state index contributed by atoms with van der Waals surface area (Å²) in [6.45, 7) is 14.5. The zero-order valence-corrected chi connectivity index (χ0v) is 32.5. The van der Waals surface area contributed by atoms with Crippen LogP contribution in [0.5, 0.6) is 0 Å². The minimum absolute atomic E-state index is 0.151. The van der Waals surface area contributed by atoms with E-state index in [9.17, 15) is 0 Å². The topological polar surface area (TPSA) is 32.4 Å². The minimum atomic E-state index is -0.472. The average molecular weight is 717 g/mol. The molecule has 0 spiro atoms. The molecule has 0 fully saturated rings. The summed E-state index contributed by atoms with van der Waals surface area (Å²) in [5.41, 5.74) is 17.0. The van der Waals surface area contributed by atoms with Crippen molar-refractivity contribution >= 4 is 44.9 Å². The number of hydrogen-bond donors (Lipinski definition) is 0. The van der Waals surface area contributed by atoms with Gasteiger partial charge in [0.25, 0.3) is 0 Å². The monoisotopic (exact) mass is 716 g/mol. The van der Waals surface area contributed by atoms with Crippen LogP contribution in [0.4, 0.5) is 5.69 Å². The van der Waals surface area contributed by atoms with Crippen molar-refractivity contribution in [2.45, 2.75) is 58.2 Å². The highest BCUT2D eigenvalue weighted by Crippen LogP contribution is 2.55. The van der Waals surface area contributed by atoms with E-state index in [1.165, 1.54) is 56.0 Å². The van der Waals surface area contributed by atoms with Gasteiger partial charge in [-0.2, -0.15) is 4.58 Å². The number of para-hydroxylation sites is 5. The first-order valence-corrected chi connectivity index (χ1v) is 19.4. The third kappa shape index (κ3) is 4.06. The van der Waals surface area contributed by atoms with Crippen LogP contribution < -0.4 is 4.57 Å². The van der Waals surface area contributed by atoms with Crippen molar-refractivity contribution in [1.29, 1.82) is 0 Å². The molecule has 3 aliphatic rings. The molecular formula is C49H44N6+2. The van der Waals surface area contributed by atoms with Crippen LogP contribution in [-0.4, -0.2) is 40.3 Å². The summed E-state index contributed by atoms with van der Waals surface area (Å²) in [5.74, 6) is 0.910. The van der Waals surface area contributed by atoms with Crippen LogP contribution in [0.2, 0.25) is 0 Å². The Balaban J connectivity index is 1.29. The molecule has 8 aromatic rings.